The van der Waals surface area contributed by atoms with Crippen LogP contribution in [-0.2, 0) is 0 Å². The maximum absolute atomic E-state index is 13.7. The number of aromatic nitrogens is 1. The van der Waals surface area contributed by atoms with Gasteiger partial charge in [-0.2, -0.15) is 0 Å². The number of carbonyl (C=O) groups is 1. The predicted octanol–water partition coefficient (Wildman–Crippen LogP) is 4.29. The van der Waals surface area contributed by atoms with Crippen LogP contribution in [0.25, 0.3) is 10.1 Å². The Bertz CT molecular complexity index is 885. The molecule has 1 amide bonds. The van der Waals surface area contributed by atoms with Crippen molar-refractivity contribution in [3.63, 3.8) is 0 Å². The van der Waals surface area contributed by atoms with E-state index in [2.05, 4.69) is 15.2 Å². The minimum atomic E-state index is -0.306. The zero-order valence-electron chi connectivity index (χ0n) is 13.0. The van der Waals surface area contributed by atoms with Gasteiger partial charge in [0.05, 0.1) is 16.8 Å². The van der Waals surface area contributed by atoms with Gasteiger partial charge in [0, 0.05) is 23.2 Å². The van der Waals surface area contributed by atoms with E-state index in [1.807, 2.05) is 18.2 Å². The van der Waals surface area contributed by atoms with Gasteiger partial charge in [0.25, 0.3) is 5.91 Å². The molecule has 4 nitrogen and oxygen atoms in total. The number of carbonyl (C=O) groups excluding carboxylic acids is 1. The zero-order chi connectivity index (χ0) is 16.5. The van der Waals surface area contributed by atoms with Crippen LogP contribution in [0.5, 0.6) is 0 Å². The van der Waals surface area contributed by atoms with Crippen molar-refractivity contribution in [3.8, 4) is 0 Å². The van der Waals surface area contributed by atoms with Gasteiger partial charge in [0.1, 0.15) is 11.6 Å². The molecular weight excluding hydrogens is 325 g/mol. The molecule has 1 saturated heterocycles. The fourth-order valence-corrected chi connectivity index (χ4v) is 3.89. The van der Waals surface area contributed by atoms with E-state index in [4.69, 9.17) is 0 Å². The quantitative estimate of drug-likeness (QED) is 0.773. The van der Waals surface area contributed by atoms with Crippen molar-refractivity contribution in [1.82, 2.24) is 4.98 Å². The van der Waals surface area contributed by atoms with Crippen molar-refractivity contribution in [2.24, 2.45) is 0 Å². The number of nitrogens with zero attached hydrogens (tertiary/aromatic N) is 2. The molecule has 0 bridgehead atoms. The summed E-state index contributed by atoms with van der Waals surface area (Å²) in [6, 6.07) is 10.2. The molecule has 1 fully saturated rings. The van der Waals surface area contributed by atoms with Crippen LogP contribution in [0, 0.1) is 5.82 Å². The minimum Gasteiger partial charge on any atom is -0.357 e. The van der Waals surface area contributed by atoms with Gasteiger partial charge in [0.2, 0.25) is 0 Å². The maximum Gasteiger partial charge on any atom is 0.265 e. The molecule has 1 aliphatic rings. The minimum absolute atomic E-state index is 0.244. The standard InChI is InChI=1S/C18H16FN3OS/c19-14-4-3-5-15-13(14)10-16(24-15)18(23)21-12-6-7-17(20-11-12)22-8-1-2-9-22/h3-7,10-11H,1-2,8-9H2,(H,21,23). The number of rotatable bonds is 3. The van der Waals surface area contributed by atoms with Crippen LogP contribution in [0.1, 0.15) is 22.5 Å². The third kappa shape index (κ3) is 2.85. The van der Waals surface area contributed by atoms with Gasteiger partial charge >= 0.3 is 0 Å². The second-order valence-corrected chi connectivity index (χ2v) is 6.90. The number of amides is 1. The first kappa shape index (κ1) is 15.1. The number of fused-ring (bicyclic) bond motifs is 1. The highest BCUT2D eigenvalue weighted by Crippen LogP contribution is 2.28. The molecule has 1 aromatic carbocycles. The zero-order valence-corrected chi connectivity index (χ0v) is 13.8. The lowest BCUT2D eigenvalue weighted by Crippen LogP contribution is -2.19. The number of thiophene rings is 1. The van der Waals surface area contributed by atoms with Gasteiger partial charge in [-0.05, 0) is 43.2 Å². The second-order valence-electron chi connectivity index (χ2n) is 5.82. The predicted molar refractivity (Wildman–Crippen MR) is 95.4 cm³/mol. The van der Waals surface area contributed by atoms with Crippen LogP contribution < -0.4 is 10.2 Å². The SMILES string of the molecule is O=C(Nc1ccc(N2CCCC2)nc1)c1cc2c(F)cccc2s1. The van der Waals surface area contributed by atoms with E-state index in [1.54, 1.807) is 18.3 Å². The summed E-state index contributed by atoms with van der Waals surface area (Å²) in [5.41, 5.74) is 0.640. The summed E-state index contributed by atoms with van der Waals surface area (Å²) in [6.07, 6.45) is 4.06. The molecule has 6 heteroatoms. The Labute approximate surface area is 142 Å². The molecule has 0 spiro atoms. The molecule has 0 radical (unpaired) electrons. The lowest BCUT2D eigenvalue weighted by molar-refractivity contribution is 0.103. The topological polar surface area (TPSA) is 45.2 Å². The Balaban J connectivity index is 1.51. The van der Waals surface area contributed by atoms with Crippen LogP contribution in [0.2, 0.25) is 0 Å². The summed E-state index contributed by atoms with van der Waals surface area (Å²) in [7, 11) is 0. The van der Waals surface area contributed by atoms with E-state index in [9.17, 15) is 9.18 Å². The molecule has 0 unspecified atom stereocenters. The Morgan fingerprint density at radius 1 is 1.21 bits per heavy atom. The second kappa shape index (κ2) is 6.20. The van der Waals surface area contributed by atoms with E-state index >= 15 is 0 Å². The van der Waals surface area contributed by atoms with Crippen LogP contribution in [-0.4, -0.2) is 24.0 Å². The molecule has 3 aromatic rings. The third-order valence-electron chi connectivity index (χ3n) is 4.17. The van der Waals surface area contributed by atoms with Crippen LogP contribution in [0.3, 0.4) is 0 Å². The average molecular weight is 341 g/mol. The van der Waals surface area contributed by atoms with Crippen molar-refractivity contribution < 1.29 is 9.18 Å². The smallest absolute Gasteiger partial charge is 0.265 e. The molecule has 2 aromatic heterocycles. The fourth-order valence-electron chi connectivity index (χ4n) is 2.92. The number of anilines is 2. The van der Waals surface area contributed by atoms with Crippen LogP contribution in [0.15, 0.2) is 42.6 Å². The van der Waals surface area contributed by atoms with E-state index in [1.165, 1.54) is 30.2 Å². The van der Waals surface area contributed by atoms with E-state index < -0.39 is 0 Å². The molecule has 24 heavy (non-hydrogen) atoms. The molecular formula is C18H16FN3OS. The summed E-state index contributed by atoms with van der Waals surface area (Å²) in [4.78, 5) is 19.5. The van der Waals surface area contributed by atoms with Gasteiger partial charge in [-0.15, -0.1) is 11.3 Å². The molecule has 122 valence electrons. The Hall–Kier alpha value is -2.47. The molecule has 1 N–H and O–H groups in total. The Kier molecular flexibility index (Phi) is 3.90. The summed E-state index contributed by atoms with van der Waals surface area (Å²) < 4.78 is 14.5. The summed E-state index contributed by atoms with van der Waals surface area (Å²) in [5.74, 6) is 0.389. The first-order valence-electron chi connectivity index (χ1n) is 7.91. The summed E-state index contributed by atoms with van der Waals surface area (Å²) in [5, 5.41) is 3.31. The van der Waals surface area contributed by atoms with Gasteiger partial charge in [-0.1, -0.05) is 6.07 Å². The Morgan fingerprint density at radius 3 is 2.75 bits per heavy atom. The normalized spacial score (nSPS) is 14.3. The van der Waals surface area contributed by atoms with E-state index in [-0.39, 0.29) is 11.7 Å². The molecule has 1 aliphatic heterocycles. The third-order valence-corrected chi connectivity index (χ3v) is 5.27. The monoisotopic (exact) mass is 341 g/mol. The maximum atomic E-state index is 13.7. The van der Waals surface area contributed by atoms with Crippen LogP contribution >= 0.6 is 11.3 Å². The first-order chi connectivity index (χ1) is 11.7. The van der Waals surface area contributed by atoms with Crippen molar-refractivity contribution in [2.75, 3.05) is 23.3 Å². The lowest BCUT2D eigenvalue weighted by Gasteiger charge is -2.16. The molecule has 0 aliphatic carbocycles. The average Bonchev–Trinajstić information content (AvgIpc) is 3.26. The summed E-state index contributed by atoms with van der Waals surface area (Å²) >= 11 is 1.28. The molecule has 0 atom stereocenters. The Morgan fingerprint density at radius 2 is 2.04 bits per heavy atom. The highest BCUT2D eigenvalue weighted by molar-refractivity contribution is 7.20. The lowest BCUT2D eigenvalue weighted by atomic mass is 10.2. The number of hydrogen-bond donors (Lipinski definition) is 1. The van der Waals surface area contributed by atoms with Crippen LogP contribution in [0.4, 0.5) is 15.9 Å². The summed E-state index contributed by atoms with van der Waals surface area (Å²) in [6.45, 7) is 2.07. The number of halogens is 1. The van der Waals surface area contributed by atoms with Crippen molar-refractivity contribution >= 4 is 38.8 Å². The van der Waals surface area contributed by atoms with Gasteiger partial charge in [-0.3, -0.25) is 4.79 Å². The van der Waals surface area contributed by atoms with E-state index in [0.29, 0.717) is 16.0 Å². The van der Waals surface area contributed by atoms with Crippen molar-refractivity contribution in [2.45, 2.75) is 12.8 Å². The fraction of sp³-hybridized carbons (Fsp3) is 0.222. The molecule has 3 heterocycles. The van der Waals surface area contributed by atoms with Gasteiger partial charge in [-0.25, -0.2) is 9.37 Å². The van der Waals surface area contributed by atoms with Gasteiger partial charge < -0.3 is 10.2 Å². The number of pyridine rings is 1. The largest absolute Gasteiger partial charge is 0.357 e. The number of hydrogen-bond acceptors (Lipinski definition) is 4. The van der Waals surface area contributed by atoms with Crippen molar-refractivity contribution in [3.05, 3.63) is 53.3 Å². The number of benzene rings is 1. The molecule has 0 saturated carbocycles. The molecule has 4 rings (SSSR count). The first-order valence-corrected chi connectivity index (χ1v) is 8.73. The van der Waals surface area contributed by atoms with Crippen molar-refractivity contribution in [1.29, 1.82) is 0 Å². The highest BCUT2D eigenvalue weighted by Gasteiger charge is 2.15. The van der Waals surface area contributed by atoms with Gasteiger partial charge in [0.15, 0.2) is 0 Å². The number of nitrogens with one attached hydrogen (secondary N) is 1. The van der Waals surface area contributed by atoms with E-state index in [0.717, 1.165) is 23.6 Å². The highest BCUT2D eigenvalue weighted by atomic mass is 32.1.